The molecule has 1 heterocycles. The van der Waals surface area contributed by atoms with Crippen LogP contribution in [0.2, 0.25) is 0 Å². The molecule has 0 spiro atoms. The first-order valence-electron chi connectivity index (χ1n) is 7.24. The molecule has 3 heteroatoms. The molecule has 0 bridgehead atoms. The van der Waals surface area contributed by atoms with Crippen LogP contribution in [0.15, 0.2) is 24.3 Å². The van der Waals surface area contributed by atoms with Crippen molar-refractivity contribution in [2.75, 3.05) is 0 Å². The molecule has 1 N–H and O–H groups in total. The molecular weight excluding hydrogens is 236 g/mol. The minimum Gasteiger partial charge on any atom is -0.389 e. The van der Waals surface area contributed by atoms with Gasteiger partial charge in [0.05, 0.1) is 16.8 Å². The minimum atomic E-state index is -0.544. The number of nitrogens with zero attached hydrogens (tertiary/aromatic N) is 2. The van der Waals surface area contributed by atoms with E-state index in [9.17, 15) is 5.11 Å². The Hall–Kier alpha value is -1.35. The zero-order valence-corrected chi connectivity index (χ0v) is 11.8. The highest BCUT2D eigenvalue weighted by Gasteiger charge is 2.37. The van der Waals surface area contributed by atoms with Gasteiger partial charge in [-0.05, 0) is 31.2 Å². The molecule has 1 saturated carbocycles. The average molecular weight is 258 g/mol. The van der Waals surface area contributed by atoms with E-state index in [2.05, 4.69) is 24.2 Å². The van der Waals surface area contributed by atoms with Crippen LogP contribution < -0.4 is 0 Å². The molecule has 102 valence electrons. The highest BCUT2D eigenvalue weighted by molar-refractivity contribution is 5.81. The third kappa shape index (κ3) is 2.27. The topological polar surface area (TPSA) is 38.1 Å². The second-order valence-electron chi connectivity index (χ2n) is 6.01. The van der Waals surface area contributed by atoms with Gasteiger partial charge in [0.15, 0.2) is 0 Å². The summed E-state index contributed by atoms with van der Waals surface area (Å²) >= 11 is 0. The standard InChI is InChI=1S/C16H22N2O/c1-3-12-8-9-16(19,10-12)11-14-13-6-4-5-7-15(13)18(2)17-14/h4-7,12,19H,3,8-11H2,1-2H3. The van der Waals surface area contributed by atoms with E-state index in [0.29, 0.717) is 12.3 Å². The number of benzene rings is 1. The van der Waals surface area contributed by atoms with E-state index in [1.165, 1.54) is 11.8 Å². The van der Waals surface area contributed by atoms with Gasteiger partial charge >= 0.3 is 0 Å². The zero-order valence-electron chi connectivity index (χ0n) is 11.8. The minimum absolute atomic E-state index is 0.544. The van der Waals surface area contributed by atoms with Crippen LogP contribution in [0.5, 0.6) is 0 Å². The van der Waals surface area contributed by atoms with Crippen molar-refractivity contribution in [3.05, 3.63) is 30.0 Å². The molecule has 0 amide bonds. The summed E-state index contributed by atoms with van der Waals surface area (Å²) < 4.78 is 1.92. The number of para-hydroxylation sites is 1. The fourth-order valence-corrected chi connectivity index (χ4v) is 3.45. The normalized spacial score (nSPS) is 27.2. The average Bonchev–Trinajstić information content (AvgIpc) is 2.93. The van der Waals surface area contributed by atoms with Gasteiger partial charge < -0.3 is 5.11 Å². The second kappa shape index (κ2) is 4.64. The second-order valence-corrected chi connectivity index (χ2v) is 6.01. The van der Waals surface area contributed by atoms with Crippen molar-refractivity contribution in [3.63, 3.8) is 0 Å². The third-order valence-electron chi connectivity index (χ3n) is 4.59. The molecule has 2 atom stereocenters. The Kier molecular flexibility index (Phi) is 3.09. The lowest BCUT2D eigenvalue weighted by molar-refractivity contribution is 0.0429. The largest absolute Gasteiger partial charge is 0.389 e. The first-order valence-corrected chi connectivity index (χ1v) is 7.24. The van der Waals surface area contributed by atoms with Gasteiger partial charge in [0, 0.05) is 18.9 Å². The summed E-state index contributed by atoms with van der Waals surface area (Å²) in [7, 11) is 1.97. The summed E-state index contributed by atoms with van der Waals surface area (Å²) in [5, 5.41) is 16.6. The lowest BCUT2D eigenvalue weighted by atomic mass is 9.93. The fourth-order valence-electron chi connectivity index (χ4n) is 3.45. The van der Waals surface area contributed by atoms with Gasteiger partial charge in [0.25, 0.3) is 0 Å². The van der Waals surface area contributed by atoms with Gasteiger partial charge in [0.2, 0.25) is 0 Å². The fraction of sp³-hybridized carbons (Fsp3) is 0.562. The molecular formula is C16H22N2O. The van der Waals surface area contributed by atoms with E-state index in [4.69, 9.17) is 0 Å². The molecule has 1 aromatic heterocycles. The number of aromatic nitrogens is 2. The Bertz CT molecular complexity index is 589. The van der Waals surface area contributed by atoms with Crippen LogP contribution in [-0.2, 0) is 13.5 Å². The SMILES string of the molecule is CCC1CCC(O)(Cc2nn(C)c3ccccc23)C1. The maximum absolute atomic E-state index is 10.8. The number of fused-ring (bicyclic) bond motifs is 1. The summed E-state index contributed by atoms with van der Waals surface area (Å²) in [6, 6.07) is 8.26. The Morgan fingerprint density at radius 2 is 2.21 bits per heavy atom. The highest BCUT2D eigenvalue weighted by Crippen LogP contribution is 2.39. The molecule has 1 aliphatic carbocycles. The van der Waals surface area contributed by atoms with Gasteiger partial charge in [-0.15, -0.1) is 0 Å². The summed E-state index contributed by atoms with van der Waals surface area (Å²) in [4.78, 5) is 0. The molecule has 19 heavy (non-hydrogen) atoms. The highest BCUT2D eigenvalue weighted by atomic mass is 16.3. The molecule has 1 fully saturated rings. The number of aryl methyl sites for hydroxylation is 1. The van der Waals surface area contributed by atoms with Crippen molar-refractivity contribution < 1.29 is 5.11 Å². The molecule has 0 aliphatic heterocycles. The monoisotopic (exact) mass is 258 g/mol. The maximum Gasteiger partial charge on any atom is 0.0731 e. The number of hydrogen-bond donors (Lipinski definition) is 1. The third-order valence-corrected chi connectivity index (χ3v) is 4.59. The number of rotatable bonds is 3. The van der Waals surface area contributed by atoms with Gasteiger partial charge in [-0.25, -0.2) is 0 Å². The van der Waals surface area contributed by atoms with E-state index < -0.39 is 5.60 Å². The number of hydrogen-bond acceptors (Lipinski definition) is 2. The van der Waals surface area contributed by atoms with Gasteiger partial charge in [0.1, 0.15) is 0 Å². The van der Waals surface area contributed by atoms with Crippen molar-refractivity contribution in [1.82, 2.24) is 9.78 Å². The molecule has 0 radical (unpaired) electrons. The Morgan fingerprint density at radius 3 is 2.95 bits per heavy atom. The smallest absolute Gasteiger partial charge is 0.0731 e. The predicted octanol–water partition coefficient (Wildman–Crippen LogP) is 3.06. The predicted molar refractivity (Wildman–Crippen MR) is 77.0 cm³/mol. The van der Waals surface area contributed by atoms with E-state index in [1.54, 1.807) is 0 Å². The first-order chi connectivity index (χ1) is 9.11. The van der Waals surface area contributed by atoms with E-state index >= 15 is 0 Å². The molecule has 2 aromatic rings. The van der Waals surface area contributed by atoms with Crippen molar-refractivity contribution in [3.8, 4) is 0 Å². The van der Waals surface area contributed by atoms with Crippen molar-refractivity contribution in [1.29, 1.82) is 0 Å². The van der Waals surface area contributed by atoms with Crippen LogP contribution in [0.25, 0.3) is 10.9 Å². The molecule has 3 rings (SSSR count). The van der Waals surface area contributed by atoms with Crippen molar-refractivity contribution >= 4 is 10.9 Å². The van der Waals surface area contributed by atoms with Gasteiger partial charge in [-0.3, -0.25) is 4.68 Å². The van der Waals surface area contributed by atoms with Crippen LogP contribution >= 0.6 is 0 Å². The zero-order chi connectivity index (χ0) is 13.5. The molecule has 1 aliphatic rings. The molecule has 2 unspecified atom stereocenters. The summed E-state index contributed by atoms with van der Waals surface area (Å²) in [5.74, 6) is 0.681. The van der Waals surface area contributed by atoms with E-state index in [0.717, 1.165) is 30.5 Å². The van der Waals surface area contributed by atoms with E-state index in [-0.39, 0.29) is 0 Å². The van der Waals surface area contributed by atoms with Crippen LogP contribution in [0.3, 0.4) is 0 Å². The lowest BCUT2D eigenvalue weighted by Crippen LogP contribution is -2.28. The summed E-state index contributed by atoms with van der Waals surface area (Å²) in [6.07, 6.45) is 4.85. The van der Waals surface area contributed by atoms with Gasteiger partial charge in [-0.2, -0.15) is 5.10 Å². The molecule has 0 saturated heterocycles. The Labute approximate surface area is 114 Å². The van der Waals surface area contributed by atoms with Crippen LogP contribution in [-0.4, -0.2) is 20.5 Å². The van der Waals surface area contributed by atoms with Gasteiger partial charge in [-0.1, -0.05) is 31.5 Å². The Morgan fingerprint density at radius 1 is 1.42 bits per heavy atom. The quantitative estimate of drug-likeness (QED) is 0.919. The number of aliphatic hydroxyl groups is 1. The van der Waals surface area contributed by atoms with Crippen molar-refractivity contribution in [2.45, 2.75) is 44.6 Å². The van der Waals surface area contributed by atoms with Crippen LogP contribution in [0.4, 0.5) is 0 Å². The Balaban J connectivity index is 1.90. The van der Waals surface area contributed by atoms with Crippen LogP contribution in [0.1, 0.15) is 38.3 Å². The first kappa shape index (κ1) is 12.7. The van der Waals surface area contributed by atoms with Crippen LogP contribution in [0, 0.1) is 5.92 Å². The molecule has 1 aromatic carbocycles. The lowest BCUT2D eigenvalue weighted by Gasteiger charge is -2.21. The summed E-state index contributed by atoms with van der Waals surface area (Å²) in [5.41, 5.74) is 1.64. The summed E-state index contributed by atoms with van der Waals surface area (Å²) in [6.45, 7) is 2.21. The maximum atomic E-state index is 10.8. The molecule has 3 nitrogen and oxygen atoms in total. The van der Waals surface area contributed by atoms with Crippen molar-refractivity contribution in [2.24, 2.45) is 13.0 Å². The van der Waals surface area contributed by atoms with E-state index in [1.807, 2.05) is 23.9 Å².